The normalized spacial score (nSPS) is 20.0. The fourth-order valence-corrected chi connectivity index (χ4v) is 3.54. The number of hydrogen-bond donors (Lipinski definition) is 2. The van der Waals surface area contributed by atoms with Gasteiger partial charge < -0.3 is 15.4 Å². The summed E-state index contributed by atoms with van der Waals surface area (Å²) in [5.74, 6) is 0.880. The van der Waals surface area contributed by atoms with Crippen molar-refractivity contribution in [1.29, 1.82) is 0 Å². The van der Waals surface area contributed by atoms with Gasteiger partial charge in [0.2, 0.25) is 5.91 Å². The largest absolute Gasteiger partial charge is 0.497 e. The SMILES string of the molecule is COc1cccc(Nc2ccc(CN3CCC(C)(NC(C)=O)C3)cc2)c1. The number of methoxy groups -OCH3 is 1. The van der Waals surface area contributed by atoms with E-state index >= 15 is 0 Å². The standard InChI is InChI=1S/C21H27N3O2/c1-16(25)23-21(2)11-12-24(15-21)14-17-7-9-18(10-8-17)22-19-5-4-6-20(13-19)26-3/h4-10,13,22H,11-12,14-15H2,1-3H3,(H,23,25). The van der Waals surface area contributed by atoms with Gasteiger partial charge in [-0.15, -0.1) is 0 Å². The Bertz CT molecular complexity index is 760. The van der Waals surface area contributed by atoms with Crippen molar-refractivity contribution in [3.8, 4) is 5.75 Å². The molecule has 1 amide bonds. The number of hydrogen-bond acceptors (Lipinski definition) is 4. The Morgan fingerprint density at radius 1 is 1.19 bits per heavy atom. The number of carbonyl (C=O) groups excluding carboxylic acids is 1. The summed E-state index contributed by atoms with van der Waals surface area (Å²) in [6.45, 7) is 6.49. The number of ether oxygens (including phenoxy) is 1. The van der Waals surface area contributed by atoms with E-state index in [0.717, 1.165) is 43.2 Å². The average molecular weight is 353 g/mol. The van der Waals surface area contributed by atoms with E-state index in [9.17, 15) is 4.79 Å². The fraction of sp³-hybridized carbons (Fsp3) is 0.381. The Hall–Kier alpha value is -2.53. The molecule has 1 unspecified atom stereocenters. The van der Waals surface area contributed by atoms with Crippen LogP contribution in [0.5, 0.6) is 5.75 Å². The summed E-state index contributed by atoms with van der Waals surface area (Å²) in [6, 6.07) is 16.4. The Labute approximate surface area is 155 Å². The van der Waals surface area contributed by atoms with Gasteiger partial charge in [-0.1, -0.05) is 18.2 Å². The molecule has 1 aliphatic heterocycles. The zero-order valence-corrected chi connectivity index (χ0v) is 15.7. The van der Waals surface area contributed by atoms with Gasteiger partial charge >= 0.3 is 0 Å². The van der Waals surface area contributed by atoms with Crippen LogP contribution in [0.3, 0.4) is 0 Å². The van der Waals surface area contributed by atoms with Gasteiger partial charge in [-0.25, -0.2) is 0 Å². The number of likely N-dealkylation sites (tertiary alicyclic amines) is 1. The third kappa shape index (κ3) is 4.76. The van der Waals surface area contributed by atoms with Crippen LogP contribution in [0.2, 0.25) is 0 Å². The molecule has 0 aromatic heterocycles. The van der Waals surface area contributed by atoms with E-state index in [0.29, 0.717) is 0 Å². The maximum absolute atomic E-state index is 11.4. The number of amides is 1. The predicted octanol–water partition coefficient (Wildman–Crippen LogP) is 3.54. The van der Waals surface area contributed by atoms with Gasteiger partial charge in [0.25, 0.3) is 0 Å². The van der Waals surface area contributed by atoms with Crippen molar-refractivity contribution in [2.45, 2.75) is 32.4 Å². The van der Waals surface area contributed by atoms with Gasteiger partial charge in [0.05, 0.1) is 12.6 Å². The van der Waals surface area contributed by atoms with Crippen LogP contribution in [-0.2, 0) is 11.3 Å². The lowest BCUT2D eigenvalue weighted by atomic mass is 10.0. The molecule has 5 nitrogen and oxygen atoms in total. The Kier molecular flexibility index (Phi) is 5.47. The molecule has 2 aromatic rings. The van der Waals surface area contributed by atoms with Crippen molar-refractivity contribution >= 4 is 17.3 Å². The number of carbonyl (C=O) groups is 1. The first-order valence-corrected chi connectivity index (χ1v) is 8.97. The lowest BCUT2D eigenvalue weighted by molar-refractivity contribution is -0.120. The summed E-state index contributed by atoms with van der Waals surface area (Å²) >= 11 is 0. The number of nitrogens with one attached hydrogen (secondary N) is 2. The third-order valence-electron chi connectivity index (χ3n) is 4.75. The minimum Gasteiger partial charge on any atom is -0.497 e. The topological polar surface area (TPSA) is 53.6 Å². The molecule has 2 aromatic carbocycles. The average Bonchev–Trinajstić information content (AvgIpc) is 2.96. The van der Waals surface area contributed by atoms with Crippen molar-refractivity contribution in [2.75, 3.05) is 25.5 Å². The summed E-state index contributed by atoms with van der Waals surface area (Å²) in [4.78, 5) is 13.7. The van der Waals surface area contributed by atoms with E-state index < -0.39 is 0 Å². The van der Waals surface area contributed by atoms with E-state index in [1.165, 1.54) is 5.56 Å². The van der Waals surface area contributed by atoms with Gasteiger partial charge in [-0.2, -0.15) is 0 Å². The molecule has 138 valence electrons. The molecule has 1 atom stereocenters. The fourth-order valence-electron chi connectivity index (χ4n) is 3.54. The van der Waals surface area contributed by atoms with Crippen LogP contribution >= 0.6 is 0 Å². The van der Waals surface area contributed by atoms with E-state index in [-0.39, 0.29) is 11.4 Å². The summed E-state index contributed by atoms with van der Waals surface area (Å²) < 4.78 is 5.26. The lowest BCUT2D eigenvalue weighted by Gasteiger charge is -2.25. The van der Waals surface area contributed by atoms with Crippen molar-refractivity contribution in [3.63, 3.8) is 0 Å². The highest BCUT2D eigenvalue weighted by Gasteiger charge is 2.34. The summed E-state index contributed by atoms with van der Waals surface area (Å²) in [5, 5.41) is 6.47. The molecule has 0 radical (unpaired) electrons. The van der Waals surface area contributed by atoms with Crippen molar-refractivity contribution in [2.24, 2.45) is 0 Å². The van der Waals surface area contributed by atoms with Gasteiger partial charge in [-0.3, -0.25) is 9.69 Å². The van der Waals surface area contributed by atoms with E-state index in [1.54, 1.807) is 14.0 Å². The molecule has 26 heavy (non-hydrogen) atoms. The van der Waals surface area contributed by atoms with Crippen LogP contribution < -0.4 is 15.4 Å². The molecule has 5 heteroatoms. The highest BCUT2D eigenvalue weighted by molar-refractivity contribution is 5.73. The monoisotopic (exact) mass is 353 g/mol. The summed E-state index contributed by atoms with van der Waals surface area (Å²) in [5.41, 5.74) is 3.21. The third-order valence-corrected chi connectivity index (χ3v) is 4.75. The Morgan fingerprint density at radius 3 is 2.65 bits per heavy atom. The van der Waals surface area contributed by atoms with Crippen LogP contribution in [0, 0.1) is 0 Å². The smallest absolute Gasteiger partial charge is 0.217 e. The molecular weight excluding hydrogens is 326 g/mol. The first-order chi connectivity index (χ1) is 12.5. The molecule has 1 fully saturated rings. The maximum Gasteiger partial charge on any atom is 0.217 e. The summed E-state index contributed by atoms with van der Waals surface area (Å²) in [7, 11) is 1.67. The molecular formula is C21H27N3O2. The predicted molar refractivity (Wildman–Crippen MR) is 105 cm³/mol. The first kappa shape index (κ1) is 18.3. The second kappa shape index (κ2) is 7.79. The van der Waals surface area contributed by atoms with Gasteiger partial charge in [0.1, 0.15) is 5.75 Å². The number of nitrogens with zero attached hydrogens (tertiary/aromatic N) is 1. The summed E-state index contributed by atoms with van der Waals surface area (Å²) in [6.07, 6.45) is 0.988. The van der Waals surface area contributed by atoms with Crippen LogP contribution in [0.25, 0.3) is 0 Å². The van der Waals surface area contributed by atoms with Crippen molar-refractivity contribution in [1.82, 2.24) is 10.2 Å². The highest BCUT2D eigenvalue weighted by Crippen LogP contribution is 2.24. The van der Waals surface area contributed by atoms with Gasteiger partial charge in [0, 0.05) is 44.0 Å². The molecule has 0 aliphatic carbocycles. The van der Waals surface area contributed by atoms with E-state index in [4.69, 9.17) is 4.74 Å². The molecule has 0 bridgehead atoms. The molecule has 1 aliphatic rings. The molecule has 3 rings (SSSR count). The minimum absolute atomic E-state index is 0.0438. The second-order valence-corrected chi connectivity index (χ2v) is 7.26. The molecule has 1 saturated heterocycles. The molecule has 1 heterocycles. The molecule has 0 saturated carbocycles. The Morgan fingerprint density at radius 2 is 1.96 bits per heavy atom. The van der Waals surface area contributed by atoms with Crippen LogP contribution in [0.1, 0.15) is 25.8 Å². The quantitative estimate of drug-likeness (QED) is 0.834. The Balaban J connectivity index is 1.57. The van der Waals surface area contributed by atoms with E-state index in [1.807, 2.05) is 24.3 Å². The highest BCUT2D eigenvalue weighted by atomic mass is 16.5. The number of benzene rings is 2. The molecule has 2 N–H and O–H groups in total. The van der Waals surface area contributed by atoms with Crippen LogP contribution in [0.15, 0.2) is 48.5 Å². The van der Waals surface area contributed by atoms with Crippen LogP contribution in [-0.4, -0.2) is 36.5 Å². The van der Waals surface area contributed by atoms with E-state index in [2.05, 4.69) is 46.7 Å². The first-order valence-electron chi connectivity index (χ1n) is 8.97. The second-order valence-electron chi connectivity index (χ2n) is 7.26. The minimum atomic E-state index is -0.111. The van der Waals surface area contributed by atoms with Gasteiger partial charge in [-0.05, 0) is 43.2 Å². The molecule has 0 spiro atoms. The zero-order chi connectivity index (χ0) is 18.6. The lowest BCUT2D eigenvalue weighted by Crippen LogP contribution is -2.46. The maximum atomic E-state index is 11.4. The number of anilines is 2. The number of rotatable bonds is 6. The van der Waals surface area contributed by atoms with Gasteiger partial charge in [0.15, 0.2) is 0 Å². The van der Waals surface area contributed by atoms with Crippen LogP contribution in [0.4, 0.5) is 11.4 Å². The van der Waals surface area contributed by atoms with Crippen molar-refractivity contribution in [3.05, 3.63) is 54.1 Å². The zero-order valence-electron chi connectivity index (χ0n) is 15.7. The van der Waals surface area contributed by atoms with Crippen molar-refractivity contribution < 1.29 is 9.53 Å².